The van der Waals surface area contributed by atoms with Gasteiger partial charge >= 0.3 is 0 Å². The van der Waals surface area contributed by atoms with E-state index in [0.29, 0.717) is 98.2 Å². The highest BCUT2D eigenvalue weighted by Gasteiger charge is 2.38. The number of pyridine rings is 10. The first-order chi connectivity index (χ1) is 45.9. The zero-order valence-electron chi connectivity index (χ0n) is 49.5. The molecule has 0 aliphatic carbocycles. The summed E-state index contributed by atoms with van der Waals surface area (Å²) in [6.45, 7) is 0. The molecule has 0 saturated heterocycles. The maximum Gasteiger partial charge on any atom is 0.206 e. The molecule has 14 rings (SSSR count). The number of nitrogens with zero attached hydrogens (tertiary/aromatic N) is 10. The Morgan fingerprint density at radius 3 is 0.479 bits per heavy atom. The van der Waals surface area contributed by atoms with Gasteiger partial charge in [0, 0.05) is 21.2 Å². The topological polar surface area (TPSA) is 197 Å². The summed E-state index contributed by atoms with van der Waals surface area (Å²) in [6.07, 6.45) is 0. The second-order valence-corrected chi connectivity index (χ2v) is 33.7. The van der Waals surface area contributed by atoms with Crippen LogP contribution in [0, 0.1) is 0 Å². The normalized spacial score (nSPS) is 13.9. The highest BCUT2D eigenvalue weighted by molar-refractivity contribution is 9.10. The standard InChI is InChI=1S/C74H50Br2N10O4P4/c75-65-41-13-31-55(77-65)57-33-15-43-67(79-57)91(87,51-23-5-1-6-24-51)69-45-17-35-59(81-69)61-37-19-47-71(83-61)93(89,53-27-9-3-10-28-53)73-49-21-39-63(85-73)64-40-22-50-74(86-64)94(90,54-29-11-4-12-30-54)72-48-20-38-62(84-72)60-36-18-46-70(82-60)92(88,52-25-7-2-8-26-52)68-44-16-34-58(80-68)56-32-14-42-66(76)78-56/h1-50H. The molecule has 0 radical (unpaired) electrons. The van der Waals surface area contributed by atoms with Crippen molar-refractivity contribution in [2.75, 3.05) is 0 Å². The summed E-state index contributed by atoms with van der Waals surface area (Å²) in [5.74, 6) is 0. The molecule has 14 aromatic rings. The lowest BCUT2D eigenvalue weighted by Gasteiger charge is -2.21. The van der Waals surface area contributed by atoms with Crippen LogP contribution in [0.2, 0.25) is 0 Å². The molecular weight excluding hydrogens is 1380 g/mol. The van der Waals surface area contributed by atoms with E-state index in [1.807, 2.05) is 158 Å². The molecule has 0 fully saturated rings. The van der Waals surface area contributed by atoms with E-state index < -0.39 is 28.6 Å². The van der Waals surface area contributed by atoms with Gasteiger partial charge in [-0.25, -0.2) is 49.8 Å². The molecule has 454 valence electrons. The average molecular weight is 1430 g/mol. The molecule has 20 heteroatoms. The van der Waals surface area contributed by atoms with Crippen LogP contribution in [-0.4, -0.2) is 49.8 Å². The van der Waals surface area contributed by atoms with Crippen molar-refractivity contribution in [1.82, 2.24) is 49.8 Å². The first kappa shape index (κ1) is 61.7. The SMILES string of the molecule is O=P(c1ccccc1)(c1cccc(-c2cccc(Br)n2)n1)c1cccc(-c2cccc(P(=O)(c3ccccc3)c3cccc(-c4cccc(P(=O)(c5ccccc5)c5cccc(-c6cccc(P(=O)(c7ccccc7)c7cccc(-c8cccc(Br)n8)n7)n6)n5)n4)n3)n2)n1. The van der Waals surface area contributed by atoms with Gasteiger partial charge in [0.05, 0.1) is 56.9 Å². The van der Waals surface area contributed by atoms with E-state index in [9.17, 15) is 0 Å². The van der Waals surface area contributed by atoms with Crippen molar-refractivity contribution in [3.8, 4) is 56.9 Å². The molecule has 0 N–H and O–H groups in total. The molecule has 94 heavy (non-hydrogen) atoms. The third-order valence-corrected chi connectivity index (χ3v) is 27.8. The Morgan fingerprint density at radius 1 is 0.170 bits per heavy atom. The van der Waals surface area contributed by atoms with Crippen LogP contribution in [-0.2, 0) is 18.3 Å². The Morgan fingerprint density at radius 2 is 0.319 bits per heavy atom. The van der Waals surface area contributed by atoms with E-state index in [1.165, 1.54) is 0 Å². The Balaban J connectivity index is 0.825. The first-order valence-electron chi connectivity index (χ1n) is 29.6. The van der Waals surface area contributed by atoms with Gasteiger partial charge in [-0.05, 0) is 153 Å². The summed E-state index contributed by atoms with van der Waals surface area (Å²) in [6, 6.07) is 90.2. The van der Waals surface area contributed by atoms with Crippen LogP contribution in [0.1, 0.15) is 0 Å². The van der Waals surface area contributed by atoms with E-state index in [1.54, 1.807) is 146 Å². The van der Waals surface area contributed by atoms with Crippen LogP contribution in [0.4, 0.5) is 0 Å². The van der Waals surface area contributed by atoms with Gasteiger partial charge < -0.3 is 18.3 Å². The molecule has 4 atom stereocenters. The van der Waals surface area contributed by atoms with E-state index in [4.69, 9.17) is 39.9 Å². The Hall–Kier alpha value is -9.74. The molecular formula is C74H50Br2N10O4P4. The zero-order valence-corrected chi connectivity index (χ0v) is 56.3. The van der Waals surface area contributed by atoms with Crippen LogP contribution >= 0.6 is 60.4 Å². The average Bonchev–Trinajstić information content (AvgIpc) is 0.773. The third-order valence-electron chi connectivity index (χ3n) is 15.7. The Labute approximate surface area is 558 Å². The minimum atomic E-state index is -3.94. The first-order valence-corrected chi connectivity index (χ1v) is 38.0. The summed E-state index contributed by atoms with van der Waals surface area (Å²) in [5.41, 5.74) is 6.76. The van der Waals surface area contributed by atoms with Gasteiger partial charge in [0.25, 0.3) is 0 Å². The number of aromatic nitrogens is 10. The fraction of sp³-hybridized carbons (Fsp3) is 0. The van der Waals surface area contributed by atoms with Crippen LogP contribution in [0.15, 0.2) is 313 Å². The quantitative estimate of drug-likeness (QED) is 0.0616. The Bertz CT molecular complexity index is 5040. The van der Waals surface area contributed by atoms with Crippen LogP contribution in [0.5, 0.6) is 0 Å². The lowest BCUT2D eigenvalue weighted by Crippen LogP contribution is -2.30. The maximum atomic E-state index is 16.5. The molecule has 14 nitrogen and oxygen atoms in total. The van der Waals surface area contributed by atoms with Crippen LogP contribution < -0.4 is 64.7 Å². The minimum Gasteiger partial charge on any atom is -0.305 e. The molecule has 4 unspecified atom stereocenters. The summed E-state index contributed by atoms with van der Waals surface area (Å²) >= 11 is 6.94. The van der Waals surface area contributed by atoms with Gasteiger partial charge in [-0.15, -0.1) is 0 Å². The van der Waals surface area contributed by atoms with E-state index >= 15 is 18.3 Å². The summed E-state index contributed by atoms with van der Waals surface area (Å²) < 4.78 is 66.2. The van der Waals surface area contributed by atoms with Gasteiger partial charge in [0.2, 0.25) is 28.6 Å². The van der Waals surface area contributed by atoms with Crippen molar-refractivity contribution >= 4 is 125 Å². The van der Waals surface area contributed by atoms with Crippen molar-refractivity contribution in [1.29, 1.82) is 0 Å². The molecule has 10 heterocycles. The van der Waals surface area contributed by atoms with Crippen LogP contribution in [0.25, 0.3) is 56.9 Å². The summed E-state index contributed by atoms with van der Waals surface area (Å²) in [5, 5.41) is 2.04. The van der Waals surface area contributed by atoms with Crippen molar-refractivity contribution in [2.24, 2.45) is 0 Å². The number of hydrogen-bond donors (Lipinski definition) is 0. The lowest BCUT2D eigenvalue weighted by atomic mass is 10.2. The fourth-order valence-corrected chi connectivity index (χ4v) is 21.6. The smallest absolute Gasteiger partial charge is 0.206 e. The highest BCUT2D eigenvalue weighted by atomic mass is 79.9. The lowest BCUT2D eigenvalue weighted by molar-refractivity contribution is 0.590. The molecule has 10 aromatic heterocycles. The third kappa shape index (κ3) is 11.8. The molecule has 0 aliphatic rings. The van der Waals surface area contributed by atoms with Gasteiger partial charge in [-0.3, -0.25) is 0 Å². The van der Waals surface area contributed by atoms with Crippen molar-refractivity contribution < 1.29 is 18.3 Å². The van der Waals surface area contributed by atoms with Crippen molar-refractivity contribution in [3.05, 3.63) is 313 Å². The molecule has 4 aromatic carbocycles. The summed E-state index contributed by atoms with van der Waals surface area (Å²) in [4.78, 5) is 49.9. The summed E-state index contributed by atoms with van der Waals surface area (Å²) in [7, 11) is -15.4. The predicted molar refractivity (Wildman–Crippen MR) is 385 cm³/mol. The fourth-order valence-electron chi connectivity index (χ4n) is 11.1. The molecule has 0 saturated carbocycles. The number of hydrogen-bond acceptors (Lipinski definition) is 14. The molecule has 0 amide bonds. The van der Waals surface area contributed by atoms with E-state index in [2.05, 4.69) is 41.8 Å². The van der Waals surface area contributed by atoms with Gasteiger partial charge in [0.1, 0.15) is 52.7 Å². The number of rotatable bonds is 17. The van der Waals surface area contributed by atoms with Crippen molar-refractivity contribution in [3.63, 3.8) is 0 Å². The number of halogens is 2. The van der Waals surface area contributed by atoms with Crippen LogP contribution in [0.3, 0.4) is 0 Å². The van der Waals surface area contributed by atoms with Crippen molar-refractivity contribution in [2.45, 2.75) is 0 Å². The molecule has 0 aliphatic heterocycles. The van der Waals surface area contributed by atoms with Gasteiger partial charge in [0.15, 0.2) is 0 Å². The highest BCUT2D eigenvalue weighted by Crippen LogP contribution is 2.46. The van der Waals surface area contributed by atoms with Gasteiger partial charge in [-0.1, -0.05) is 182 Å². The van der Waals surface area contributed by atoms with E-state index in [0.717, 1.165) is 0 Å². The largest absolute Gasteiger partial charge is 0.305 e. The minimum absolute atomic E-state index is 0.228. The number of benzene rings is 4. The predicted octanol–water partition coefficient (Wildman–Crippen LogP) is 12.1. The van der Waals surface area contributed by atoms with Gasteiger partial charge in [-0.2, -0.15) is 0 Å². The van der Waals surface area contributed by atoms with E-state index in [-0.39, 0.29) is 32.6 Å². The zero-order chi connectivity index (χ0) is 64.3. The Kier molecular flexibility index (Phi) is 17.3. The maximum absolute atomic E-state index is 16.5. The monoisotopic (exact) mass is 1420 g/mol. The molecule has 0 spiro atoms. The second-order valence-electron chi connectivity index (χ2n) is 21.5. The second kappa shape index (κ2) is 26.3. The molecule has 0 bridgehead atoms.